The predicted octanol–water partition coefficient (Wildman–Crippen LogP) is 4.54. The van der Waals surface area contributed by atoms with Crippen molar-refractivity contribution in [2.45, 2.75) is 51.2 Å². The van der Waals surface area contributed by atoms with Gasteiger partial charge in [0.15, 0.2) is 0 Å². The van der Waals surface area contributed by atoms with Gasteiger partial charge in [0.2, 0.25) is 0 Å². The van der Waals surface area contributed by atoms with E-state index in [1.807, 2.05) is 12.1 Å². The summed E-state index contributed by atoms with van der Waals surface area (Å²) >= 11 is 6.00. The Hall–Kier alpha value is -0.353. The van der Waals surface area contributed by atoms with Gasteiger partial charge in [0.1, 0.15) is 0 Å². The second-order valence-corrected chi connectivity index (χ2v) is 12.6. The van der Waals surface area contributed by atoms with Crippen molar-refractivity contribution in [1.82, 2.24) is 4.90 Å². The summed E-state index contributed by atoms with van der Waals surface area (Å²) in [6.07, 6.45) is 6.86. The van der Waals surface area contributed by atoms with Crippen LogP contribution in [0.4, 0.5) is 0 Å². The summed E-state index contributed by atoms with van der Waals surface area (Å²) in [6.45, 7) is 10.3. The summed E-state index contributed by atoms with van der Waals surface area (Å²) in [5.41, 5.74) is 0. The smallest absolute Gasteiger partial charge is 0.0806 e. The van der Waals surface area contributed by atoms with Gasteiger partial charge < -0.3 is 4.74 Å². The monoisotopic (exact) mass is 353 g/mol. The highest BCUT2D eigenvalue weighted by molar-refractivity contribution is 6.89. The Balaban J connectivity index is 1.55. The summed E-state index contributed by atoms with van der Waals surface area (Å²) in [7, 11) is -1.28. The van der Waals surface area contributed by atoms with Crippen molar-refractivity contribution in [2.24, 2.45) is 0 Å². The highest BCUT2D eigenvalue weighted by Crippen LogP contribution is 2.17. The molecule has 0 atom stereocenters. The maximum atomic E-state index is 6.00. The van der Waals surface area contributed by atoms with Crippen LogP contribution in [0.5, 0.6) is 0 Å². The summed E-state index contributed by atoms with van der Waals surface area (Å²) in [4.78, 5) is 2.54. The normalized spacial score (nSPS) is 16.7. The van der Waals surface area contributed by atoms with Gasteiger partial charge >= 0.3 is 0 Å². The van der Waals surface area contributed by atoms with Gasteiger partial charge in [0.05, 0.1) is 21.3 Å². The van der Waals surface area contributed by atoms with Crippen LogP contribution in [0, 0.1) is 0 Å². The molecule has 1 heterocycles. The quantitative estimate of drug-likeness (QED) is 0.477. The fraction of sp³-hybridized carbons (Fsp3) is 0.684. The number of hydrogen-bond donors (Lipinski definition) is 0. The third kappa shape index (κ3) is 6.96. The minimum absolute atomic E-state index is 0.846. The van der Waals surface area contributed by atoms with Gasteiger partial charge in [-0.05, 0) is 25.1 Å². The molecule has 4 heteroatoms. The maximum Gasteiger partial charge on any atom is 0.0806 e. The molecule has 0 spiro atoms. The number of hydrogen-bond acceptors (Lipinski definition) is 2. The van der Waals surface area contributed by atoms with E-state index in [1.54, 1.807) is 0 Å². The first-order valence-electron chi connectivity index (χ1n) is 9.14. The van der Waals surface area contributed by atoms with Gasteiger partial charge in [-0.1, -0.05) is 73.7 Å². The summed E-state index contributed by atoms with van der Waals surface area (Å²) in [6, 6.07) is 9.93. The molecule has 2 nitrogen and oxygen atoms in total. The van der Waals surface area contributed by atoms with E-state index < -0.39 is 8.07 Å². The number of unbranched alkanes of at least 4 members (excludes halogenated alkanes) is 4. The molecule has 1 aromatic carbocycles. The van der Waals surface area contributed by atoms with Crippen LogP contribution >= 0.6 is 11.6 Å². The first-order chi connectivity index (χ1) is 11.1. The Kier molecular flexibility index (Phi) is 8.11. The minimum atomic E-state index is -1.28. The van der Waals surface area contributed by atoms with E-state index in [-0.39, 0.29) is 0 Å². The maximum absolute atomic E-state index is 6.00. The molecule has 1 saturated heterocycles. The molecule has 0 amide bonds. The van der Waals surface area contributed by atoms with Crippen LogP contribution in [-0.2, 0) is 4.74 Å². The second-order valence-electron chi connectivity index (χ2n) is 7.36. The molecular weight excluding hydrogens is 322 g/mol. The Morgan fingerprint density at radius 3 is 2.26 bits per heavy atom. The Bertz CT molecular complexity index is 443. The van der Waals surface area contributed by atoms with Crippen molar-refractivity contribution < 1.29 is 4.74 Å². The molecule has 0 aliphatic carbocycles. The van der Waals surface area contributed by atoms with Crippen molar-refractivity contribution in [3.63, 3.8) is 0 Å². The molecule has 0 bridgehead atoms. The lowest BCUT2D eigenvalue weighted by molar-refractivity contribution is 0.0371. The summed E-state index contributed by atoms with van der Waals surface area (Å²) < 4.78 is 5.39. The van der Waals surface area contributed by atoms with E-state index in [9.17, 15) is 0 Å². The lowest BCUT2D eigenvalue weighted by Gasteiger charge is -2.26. The number of rotatable bonds is 9. The first-order valence-corrected chi connectivity index (χ1v) is 12.7. The zero-order valence-corrected chi connectivity index (χ0v) is 16.6. The van der Waals surface area contributed by atoms with Crippen LogP contribution in [0.25, 0.3) is 0 Å². The van der Waals surface area contributed by atoms with Crippen LogP contribution < -0.4 is 5.19 Å². The summed E-state index contributed by atoms with van der Waals surface area (Å²) in [5, 5.41) is 2.38. The zero-order chi connectivity index (χ0) is 16.5. The standard InChI is InChI=1S/C19H32ClNOSi/c1-23(2,19-10-8-18(20)9-11-19)17-7-5-3-4-6-12-21-13-15-22-16-14-21/h8-11H,3-7,12-17H2,1-2H3. The molecule has 0 saturated carbocycles. The average molecular weight is 354 g/mol. The number of halogens is 1. The van der Waals surface area contributed by atoms with Gasteiger partial charge in [-0.15, -0.1) is 0 Å². The van der Waals surface area contributed by atoms with Crippen LogP contribution in [0.15, 0.2) is 24.3 Å². The molecular formula is C19H32ClNOSi. The average Bonchev–Trinajstić information content (AvgIpc) is 2.55. The molecule has 2 rings (SSSR count). The van der Waals surface area contributed by atoms with Gasteiger partial charge in [0.25, 0.3) is 0 Å². The van der Waals surface area contributed by atoms with E-state index in [2.05, 4.69) is 30.1 Å². The van der Waals surface area contributed by atoms with Crippen molar-refractivity contribution in [2.75, 3.05) is 32.8 Å². The fourth-order valence-corrected chi connectivity index (χ4v) is 5.92. The topological polar surface area (TPSA) is 12.5 Å². The molecule has 130 valence electrons. The van der Waals surface area contributed by atoms with Crippen LogP contribution in [0.2, 0.25) is 24.2 Å². The molecule has 1 fully saturated rings. The molecule has 23 heavy (non-hydrogen) atoms. The van der Waals surface area contributed by atoms with E-state index >= 15 is 0 Å². The minimum Gasteiger partial charge on any atom is -0.379 e. The van der Waals surface area contributed by atoms with Gasteiger partial charge in [-0.3, -0.25) is 4.90 Å². The molecule has 0 radical (unpaired) electrons. The number of nitrogens with zero attached hydrogens (tertiary/aromatic N) is 1. The van der Waals surface area contributed by atoms with Crippen LogP contribution in [0.3, 0.4) is 0 Å². The molecule has 0 N–H and O–H groups in total. The molecule has 0 aromatic heterocycles. The summed E-state index contributed by atoms with van der Waals surface area (Å²) in [5.74, 6) is 0. The number of ether oxygens (including phenoxy) is 1. The third-order valence-corrected chi connectivity index (χ3v) is 8.76. The molecule has 0 unspecified atom stereocenters. The zero-order valence-electron chi connectivity index (χ0n) is 14.8. The molecule has 1 aliphatic rings. The van der Waals surface area contributed by atoms with Gasteiger partial charge in [-0.2, -0.15) is 0 Å². The van der Waals surface area contributed by atoms with E-state index in [0.29, 0.717) is 0 Å². The first kappa shape index (κ1) is 19.0. The van der Waals surface area contributed by atoms with Gasteiger partial charge in [0, 0.05) is 18.1 Å². The molecule has 1 aliphatic heterocycles. The van der Waals surface area contributed by atoms with Crippen molar-refractivity contribution >= 4 is 24.9 Å². The Morgan fingerprint density at radius 2 is 1.57 bits per heavy atom. The highest BCUT2D eigenvalue weighted by atomic mass is 35.5. The fourth-order valence-electron chi connectivity index (χ4n) is 3.30. The predicted molar refractivity (Wildman–Crippen MR) is 104 cm³/mol. The molecule has 1 aromatic rings. The van der Waals surface area contributed by atoms with E-state index in [4.69, 9.17) is 16.3 Å². The Morgan fingerprint density at radius 1 is 0.957 bits per heavy atom. The lowest BCUT2D eigenvalue weighted by atomic mass is 10.1. The number of morpholine rings is 1. The van der Waals surface area contributed by atoms with E-state index in [0.717, 1.165) is 31.3 Å². The SMILES string of the molecule is C[Si](C)(CCCCCCCN1CCOCC1)c1ccc(Cl)cc1. The number of benzene rings is 1. The van der Waals surface area contributed by atoms with Crippen molar-refractivity contribution in [1.29, 1.82) is 0 Å². The lowest BCUT2D eigenvalue weighted by Crippen LogP contribution is -2.40. The van der Waals surface area contributed by atoms with Crippen LogP contribution in [-0.4, -0.2) is 45.8 Å². The third-order valence-electron chi connectivity index (χ3n) is 5.01. The van der Waals surface area contributed by atoms with Crippen molar-refractivity contribution in [3.05, 3.63) is 29.3 Å². The second kappa shape index (κ2) is 9.82. The Labute approximate surface area is 148 Å². The highest BCUT2D eigenvalue weighted by Gasteiger charge is 2.22. The largest absolute Gasteiger partial charge is 0.379 e. The van der Waals surface area contributed by atoms with Crippen molar-refractivity contribution in [3.8, 4) is 0 Å². The van der Waals surface area contributed by atoms with E-state index in [1.165, 1.54) is 49.9 Å². The van der Waals surface area contributed by atoms with Crippen LogP contribution in [0.1, 0.15) is 32.1 Å². The van der Waals surface area contributed by atoms with Gasteiger partial charge in [-0.25, -0.2) is 0 Å².